The van der Waals surface area contributed by atoms with Crippen molar-refractivity contribution in [2.45, 2.75) is 32.6 Å². The zero-order valence-corrected chi connectivity index (χ0v) is 16.6. The summed E-state index contributed by atoms with van der Waals surface area (Å²) < 4.78 is 5.38. The van der Waals surface area contributed by atoms with Crippen molar-refractivity contribution in [2.75, 3.05) is 85.5 Å². The van der Waals surface area contributed by atoms with Crippen molar-refractivity contribution in [1.82, 2.24) is 9.80 Å². The van der Waals surface area contributed by atoms with Gasteiger partial charge in [-0.25, -0.2) is 0 Å². The van der Waals surface area contributed by atoms with Crippen molar-refractivity contribution < 1.29 is 30.3 Å². The molecule has 8 nitrogen and oxygen atoms in total. The molecule has 0 heterocycles. The van der Waals surface area contributed by atoms with E-state index in [4.69, 9.17) is 30.3 Å². The molecule has 0 aromatic rings. The quantitative estimate of drug-likeness (QED) is 0.194. The Morgan fingerprint density at radius 1 is 0.538 bits per heavy atom. The smallest absolute Gasteiger partial charge is 0.0558 e. The first-order valence-corrected chi connectivity index (χ1v) is 9.76. The molecule has 0 radical (unpaired) electrons. The fourth-order valence-electron chi connectivity index (χ4n) is 2.36. The maximum absolute atomic E-state index is 8.78. The standard InChI is InChI=1S/C11H25NO4.C7H17NO2/c13-7-1-2-10-16-11-3-4-12(5-8-14)6-9-15;1-2-3-8(4-6-9)5-7-10/h13-15H,1-11H2;9-10H,2-7H2,1H3. The number of aliphatic hydroxyl groups excluding tert-OH is 5. The lowest BCUT2D eigenvalue weighted by molar-refractivity contribution is 0.104. The van der Waals surface area contributed by atoms with E-state index in [-0.39, 0.29) is 33.0 Å². The van der Waals surface area contributed by atoms with Gasteiger partial charge in [-0.15, -0.1) is 0 Å². The Bertz CT molecular complexity index is 229. The molecule has 0 saturated heterocycles. The summed E-state index contributed by atoms with van der Waals surface area (Å²) in [6, 6.07) is 0. The second kappa shape index (κ2) is 24.7. The van der Waals surface area contributed by atoms with Crippen molar-refractivity contribution in [2.24, 2.45) is 0 Å². The third-order valence-electron chi connectivity index (χ3n) is 3.66. The Morgan fingerprint density at radius 2 is 1.00 bits per heavy atom. The van der Waals surface area contributed by atoms with Crippen molar-refractivity contribution in [3.63, 3.8) is 0 Å². The predicted molar refractivity (Wildman–Crippen MR) is 103 cm³/mol. The molecule has 5 N–H and O–H groups in total. The lowest BCUT2D eigenvalue weighted by Crippen LogP contribution is -2.31. The molecular weight excluding hydrogens is 340 g/mol. The van der Waals surface area contributed by atoms with Gasteiger partial charge in [0.1, 0.15) is 0 Å². The molecule has 8 heteroatoms. The van der Waals surface area contributed by atoms with Gasteiger partial charge in [0.05, 0.1) is 26.4 Å². The lowest BCUT2D eigenvalue weighted by Gasteiger charge is -2.19. The third-order valence-corrected chi connectivity index (χ3v) is 3.66. The highest BCUT2D eigenvalue weighted by Gasteiger charge is 2.02. The summed E-state index contributed by atoms with van der Waals surface area (Å²) in [6.45, 7) is 8.65. The molecule has 26 heavy (non-hydrogen) atoms. The number of nitrogens with zero attached hydrogens (tertiary/aromatic N) is 2. The first kappa shape index (κ1) is 27.9. The van der Waals surface area contributed by atoms with E-state index in [1.165, 1.54) is 0 Å². The topological polar surface area (TPSA) is 117 Å². The maximum atomic E-state index is 8.78. The zero-order chi connectivity index (χ0) is 19.9. The van der Waals surface area contributed by atoms with Crippen LogP contribution in [0, 0.1) is 0 Å². The van der Waals surface area contributed by atoms with Crippen LogP contribution in [0.1, 0.15) is 32.6 Å². The third kappa shape index (κ3) is 21.7. The number of hydrogen-bond donors (Lipinski definition) is 5. The molecule has 0 aromatic carbocycles. The number of rotatable bonds is 18. The first-order valence-electron chi connectivity index (χ1n) is 9.76. The van der Waals surface area contributed by atoms with Gasteiger partial charge in [0.15, 0.2) is 0 Å². The van der Waals surface area contributed by atoms with Crippen molar-refractivity contribution in [3.8, 4) is 0 Å². The predicted octanol–water partition coefficient (Wildman–Crippen LogP) is -0.865. The molecule has 0 aliphatic rings. The molecule has 0 aliphatic carbocycles. The van der Waals surface area contributed by atoms with Crippen LogP contribution in [0.3, 0.4) is 0 Å². The largest absolute Gasteiger partial charge is 0.396 e. The van der Waals surface area contributed by atoms with Gasteiger partial charge in [0.25, 0.3) is 0 Å². The van der Waals surface area contributed by atoms with E-state index >= 15 is 0 Å². The Morgan fingerprint density at radius 3 is 1.42 bits per heavy atom. The van der Waals surface area contributed by atoms with Crippen LogP contribution in [0.5, 0.6) is 0 Å². The Balaban J connectivity index is 0. The Hall–Kier alpha value is -0.320. The molecule has 0 saturated carbocycles. The highest BCUT2D eigenvalue weighted by atomic mass is 16.5. The first-order chi connectivity index (χ1) is 12.7. The second-order valence-corrected chi connectivity index (χ2v) is 5.97. The van der Waals surface area contributed by atoms with Crippen LogP contribution in [0.2, 0.25) is 0 Å². The summed E-state index contributed by atoms with van der Waals surface area (Å²) in [5, 5.41) is 43.3. The van der Waals surface area contributed by atoms with E-state index in [2.05, 4.69) is 6.92 Å². The minimum absolute atomic E-state index is 0.122. The Kier molecular flexibility index (Phi) is 26.5. The van der Waals surface area contributed by atoms with Gasteiger partial charge in [-0.1, -0.05) is 6.92 Å². The zero-order valence-electron chi connectivity index (χ0n) is 16.6. The van der Waals surface area contributed by atoms with E-state index < -0.39 is 0 Å². The van der Waals surface area contributed by atoms with Gasteiger partial charge < -0.3 is 30.3 Å². The van der Waals surface area contributed by atoms with Crippen LogP contribution in [0.4, 0.5) is 0 Å². The molecule has 0 bridgehead atoms. The van der Waals surface area contributed by atoms with Gasteiger partial charge in [-0.2, -0.15) is 0 Å². The second-order valence-electron chi connectivity index (χ2n) is 5.97. The lowest BCUT2D eigenvalue weighted by atomic mass is 10.3. The summed E-state index contributed by atoms with van der Waals surface area (Å²) >= 11 is 0. The summed E-state index contributed by atoms with van der Waals surface area (Å²) in [4.78, 5) is 4.05. The summed E-state index contributed by atoms with van der Waals surface area (Å²) in [6.07, 6.45) is 3.66. The number of aliphatic hydroxyl groups is 5. The van der Waals surface area contributed by atoms with Gasteiger partial charge in [0, 0.05) is 52.5 Å². The Labute approximate surface area is 159 Å². The van der Waals surface area contributed by atoms with Crippen molar-refractivity contribution in [1.29, 1.82) is 0 Å². The van der Waals surface area contributed by atoms with E-state index in [9.17, 15) is 0 Å². The fraction of sp³-hybridized carbons (Fsp3) is 1.00. The molecular formula is C18H42N2O6. The van der Waals surface area contributed by atoms with Crippen LogP contribution in [0.15, 0.2) is 0 Å². The van der Waals surface area contributed by atoms with Crippen molar-refractivity contribution >= 4 is 0 Å². The molecule has 0 aliphatic heterocycles. The molecule has 0 rings (SSSR count). The van der Waals surface area contributed by atoms with Crippen LogP contribution in [-0.4, -0.2) is 121 Å². The number of hydrogen-bond acceptors (Lipinski definition) is 8. The molecule has 0 aromatic heterocycles. The molecule has 0 unspecified atom stereocenters. The van der Waals surface area contributed by atoms with Crippen molar-refractivity contribution in [3.05, 3.63) is 0 Å². The number of ether oxygens (including phenoxy) is 1. The highest BCUT2D eigenvalue weighted by molar-refractivity contribution is 4.56. The minimum Gasteiger partial charge on any atom is -0.396 e. The van der Waals surface area contributed by atoms with Crippen LogP contribution in [-0.2, 0) is 4.74 Å². The minimum atomic E-state index is 0.122. The maximum Gasteiger partial charge on any atom is 0.0558 e. The van der Waals surface area contributed by atoms with Crippen LogP contribution in [0.25, 0.3) is 0 Å². The van der Waals surface area contributed by atoms with Gasteiger partial charge in [0.2, 0.25) is 0 Å². The molecule has 0 fully saturated rings. The van der Waals surface area contributed by atoms with E-state index in [1.54, 1.807) is 0 Å². The van der Waals surface area contributed by atoms with Gasteiger partial charge >= 0.3 is 0 Å². The average Bonchev–Trinajstić information content (AvgIpc) is 2.62. The normalized spacial score (nSPS) is 11.1. The summed E-state index contributed by atoms with van der Waals surface area (Å²) in [5.41, 5.74) is 0. The monoisotopic (exact) mass is 382 g/mol. The fourth-order valence-corrected chi connectivity index (χ4v) is 2.36. The van der Waals surface area contributed by atoms with E-state index in [0.717, 1.165) is 38.8 Å². The van der Waals surface area contributed by atoms with Crippen LogP contribution >= 0.6 is 0 Å². The van der Waals surface area contributed by atoms with Gasteiger partial charge in [-0.3, -0.25) is 9.80 Å². The van der Waals surface area contributed by atoms with E-state index in [1.807, 2.05) is 9.80 Å². The molecule has 0 spiro atoms. The summed E-state index contributed by atoms with van der Waals surface area (Å²) in [5.74, 6) is 0. The highest BCUT2D eigenvalue weighted by Crippen LogP contribution is 1.94. The molecule has 0 amide bonds. The average molecular weight is 383 g/mol. The molecule has 0 atom stereocenters. The number of unbranched alkanes of at least 4 members (excludes halogenated alkanes) is 1. The SMILES string of the molecule is CCCN(CCO)CCO.OCCCCOCCCN(CCO)CCO. The van der Waals surface area contributed by atoms with E-state index in [0.29, 0.717) is 39.4 Å². The van der Waals surface area contributed by atoms with Gasteiger partial charge in [-0.05, 0) is 32.2 Å². The van der Waals surface area contributed by atoms with Crippen LogP contribution < -0.4 is 0 Å². The molecule has 160 valence electrons. The summed E-state index contributed by atoms with van der Waals surface area (Å²) in [7, 11) is 0.